The summed E-state index contributed by atoms with van der Waals surface area (Å²) in [5, 5.41) is 0. The van der Waals surface area contributed by atoms with Gasteiger partial charge in [0.2, 0.25) is 0 Å². The Balaban J connectivity index is 2.55. The van der Waals surface area contributed by atoms with Crippen molar-refractivity contribution in [1.29, 1.82) is 0 Å². The first kappa shape index (κ1) is 19.0. The number of benzene rings is 1. The first-order valence-electron chi connectivity index (χ1n) is 7.93. The lowest BCUT2D eigenvalue weighted by molar-refractivity contribution is -0.168. The van der Waals surface area contributed by atoms with Gasteiger partial charge in [0.1, 0.15) is 0 Å². The van der Waals surface area contributed by atoms with Gasteiger partial charge in [0.15, 0.2) is 0 Å². The van der Waals surface area contributed by atoms with Crippen molar-refractivity contribution in [2.75, 3.05) is 13.2 Å². The summed E-state index contributed by atoms with van der Waals surface area (Å²) in [7, 11) is -4.14. The summed E-state index contributed by atoms with van der Waals surface area (Å²) in [6.07, 6.45) is 2.51. The molecule has 1 aliphatic heterocycles. The number of sulfonamides is 1. The number of aryl methyl sites for hydroxylation is 1. The minimum atomic E-state index is -4.14. The fourth-order valence-electron chi connectivity index (χ4n) is 2.58. The van der Waals surface area contributed by atoms with Crippen molar-refractivity contribution < 1.29 is 27.5 Å². The quantitative estimate of drug-likeness (QED) is 0.562. The van der Waals surface area contributed by atoms with Gasteiger partial charge in [-0.25, -0.2) is 22.3 Å². The normalized spacial score (nSPS) is 15.9. The average molecular weight is 367 g/mol. The fourth-order valence-corrected chi connectivity index (χ4v) is 4.16. The zero-order valence-electron chi connectivity index (χ0n) is 14.4. The summed E-state index contributed by atoms with van der Waals surface area (Å²) < 4.78 is 36.8. The minimum absolute atomic E-state index is 0.0123. The minimum Gasteiger partial charge on any atom is -0.464 e. The third kappa shape index (κ3) is 3.26. The van der Waals surface area contributed by atoms with Gasteiger partial charge < -0.3 is 9.47 Å². The molecule has 25 heavy (non-hydrogen) atoms. The van der Waals surface area contributed by atoms with E-state index < -0.39 is 27.5 Å². The highest BCUT2D eigenvalue weighted by atomic mass is 32.2. The lowest BCUT2D eigenvalue weighted by Gasteiger charge is -2.33. The van der Waals surface area contributed by atoms with Crippen LogP contribution in [0.4, 0.5) is 0 Å². The molecule has 1 aliphatic rings. The molecule has 0 spiro atoms. The Kier molecular flexibility index (Phi) is 5.52. The van der Waals surface area contributed by atoms with Crippen molar-refractivity contribution in [3.05, 3.63) is 42.1 Å². The largest absolute Gasteiger partial charge is 0.464 e. The molecule has 1 aromatic carbocycles. The molecule has 1 aromatic rings. The number of nitrogens with zero attached hydrogens (tertiary/aromatic N) is 1. The maximum Gasteiger partial charge on any atom is 0.345 e. The van der Waals surface area contributed by atoms with Crippen molar-refractivity contribution >= 4 is 22.0 Å². The van der Waals surface area contributed by atoms with Crippen molar-refractivity contribution in [3.63, 3.8) is 0 Å². The number of ether oxygens (including phenoxy) is 2. The van der Waals surface area contributed by atoms with Crippen LogP contribution in [-0.4, -0.2) is 43.4 Å². The smallest absolute Gasteiger partial charge is 0.345 e. The molecule has 0 atom stereocenters. The van der Waals surface area contributed by atoms with E-state index in [9.17, 15) is 18.0 Å². The van der Waals surface area contributed by atoms with Gasteiger partial charge in [-0.05, 0) is 32.9 Å². The summed E-state index contributed by atoms with van der Waals surface area (Å²) in [5.74, 6) is -1.90. The van der Waals surface area contributed by atoms with E-state index in [1.807, 2.05) is 6.92 Å². The van der Waals surface area contributed by atoms with Gasteiger partial charge in [-0.2, -0.15) is 0 Å². The number of carbonyl (C=O) groups excluding carboxylic acids is 2. The second-order valence-electron chi connectivity index (χ2n) is 5.50. The topological polar surface area (TPSA) is 90.0 Å². The molecule has 136 valence electrons. The Morgan fingerprint density at radius 2 is 1.60 bits per heavy atom. The lowest BCUT2D eigenvalue weighted by atomic mass is 9.98. The summed E-state index contributed by atoms with van der Waals surface area (Å²) in [5.41, 5.74) is -1.19. The van der Waals surface area contributed by atoms with Gasteiger partial charge in [0, 0.05) is 12.6 Å². The molecule has 1 heterocycles. The molecule has 0 unspecified atom stereocenters. The number of esters is 2. The van der Waals surface area contributed by atoms with Crippen LogP contribution in [0.15, 0.2) is 41.4 Å². The Hall–Kier alpha value is -2.35. The number of carbonyl (C=O) groups is 2. The van der Waals surface area contributed by atoms with Gasteiger partial charge in [0.25, 0.3) is 15.6 Å². The Bertz CT molecular complexity index is 764. The molecule has 2 rings (SSSR count). The molecule has 0 aromatic heterocycles. The van der Waals surface area contributed by atoms with Gasteiger partial charge in [-0.15, -0.1) is 0 Å². The average Bonchev–Trinajstić information content (AvgIpc) is 3.02. The zero-order chi connectivity index (χ0) is 18.7. The van der Waals surface area contributed by atoms with Crippen LogP contribution in [-0.2, 0) is 29.1 Å². The lowest BCUT2D eigenvalue weighted by Crippen LogP contribution is -2.59. The molecule has 0 N–H and O–H groups in total. The predicted octanol–water partition coefficient (Wildman–Crippen LogP) is 1.77. The predicted molar refractivity (Wildman–Crippen MR) is 90.0 cm³/mol. The Labute approximate surface area is 147 Å². The fraction of sp³-hybridized carbons (Fsp3) is 0.412. The van der Waals surface area contributed by atoms with Crippen LogP contribution < -0.4 is 0 Å². The zero-order valence-corrected chi connectivity index (χ0v) is 15.2. The van der Waals surface area contributed by atoms with E-state index in [2.05, 4.69) is 0 Å². The highest BCUT2D eigenvalue weighted by Gasteiger charge is 2.58. The SMILES string of the molecule is CCOC(=O)C1(C(=O)OCC)CC=CN1S(=O)(=O)c1ccc(C)cc1. The third-order valence-electron chi connectivity index (χ3n) is 3.83. The molecule has 0 amide bonds. The molecule has 0 bridgehead atoms. The summed E-state index contributed by atoms with van der Waals surface area (Å²) >= 11 is 0. The molecule has 0 saturated carbocycles. The van der Waals surface area contributed by atoms with Crippen LogP contribution in [0.2, 0.25) is 0 Å². The number of hydrogen-bond donors (Lipinski definition) is 0. The van der Waals surface area contributed by atoms with Gasteiger partial charge >= 0.3 is 11.9 Å². The van der Waals surface area contributed by atoms with Gasteiger partial charge in [-0.1, -0.05) is 23.8 Å². The summed E-state index contributed by atoms with van der Waals surface area (Å²) in [4.78, 5) is 25.1. The van der Waals surface area contributed by atoms with Gasteiger partial charge in [-0.3, -0.25) is 0 Å². The van der Waals surface area contributed by atoms with E-state index in [1.165, 1.54) is 24.4 Å². The first-order chi connectivity index (χ1) is 11.8. The van der Waals surface area contributed by atoms with Crippen molar-refractivity contribution in [2.24, 2.45) is 0 Å². The van der Waals surface area contributed by atoms with Crippen molar-refractivity contribution in [2.45, 2.75) is 37.6 Å². The van der Waals surface area contributed by atoms with Crippen LogP contribution in [0, 0.1) is 6.92 Å². The molecular formula is C17H21NO6S. The first-order valence-corrected chi connectivity index (χ1v) is 9.37. The maximum atomic E-state index is 13.0. The van der Waals surface area contributed by atoms with Crippen LogP contribution in [0.3, 0.4) is 0 Å². The monoisotopic (exact) mass is 367 g/mol. The third-order valence-corrected chi connectivity index (χ3v) is 5.65. The maximum absolute atomic E-state index is 13.0. The Morgan fingerprint density at radius 1 is 1.08 bits per heavy atom. The second-order valence-corrected chi connectivity index (χ2v) is 7.32. The van der Waals surface area contributed by atoms with Crippen LogP contribution in [0.1, 0.15) is 25.8 Å². The van der Waals surface area contributed by atoms with Crippen LogP contribution in [0.25, 0.3) is 0 Å². The second kappa shape index (κ2) is 7.26. The highest BCUT2D eigenvalue weighted by Crippen LogP contribution is 2.35. The molecule has 7 nitrogen and oxygen atoms in total. The standard InChI is InChI=1S/C17H21NO6S/c1-4-23-15(19)17(16(20)24-5-2)11-6-12-18(17)25(21,22)14-9-7-13(3)8-10-14/h6-10,12H,4-5,11H2,1-3H3. The molecular weight excluding hydrogens is 346 g/mol. The van der Waals surface area contributed by atoms with Crippen molar-refractivity contribution in [1.82, 2.24) is 4.31 Å². The van der Waals surface area contributed by atoms with E-state index in [0.29, 0.717) is 0 Å². The summed E-state index contributed by atoms with van der Waals surface area (Å²) in [6.45, 7) is 5.01. The number of hydrogen-bond acceptors (Lipinski definition) is 6. The highest BCUT2D eigenvalue weighted by molar-refractivity contribution is 7.89. The molecule has 0 fully saturated rings. The van der Waals surface area contributed by atoms with E-state index in [4.69, 9.17) is 9.47 Å². The molecule has 0 radical (unpaired) electrons. The van der Waals surface area contributed by atoms with Crippen LogP contribution in [0.5, 0.6) is 0 Å². The molecule has 8 heteroatoms. The molecule has 0 saturated heterocycles. The van der Waals surface area contributed by atoms with E-state index in [-0.39, 0.29) is 24.5 Å². The van der Waals surface area contributed by atoms with Crippen molar-refractivity contribution in [3.8, 4) is 0 Å². The number of rotatable bonds is 6. The van der Waals surface area contributed by atoms with E-state index in [0.717, 1.165) is 9.87 Å². The van der Waals surface area contributed by atoms with Crippen LogP contribution >= 0.6 is 0 Å². The summed E-state index contributed by atoms with van der Waals surface area (Å²) in [6, 6.07) is 6.14. The molecule has 0 aliphatic carbocycles. The van der Waals surface area contributed by atoms with E-state index >= 15 is 0 Å². The van der Waals surface area contributed by atoms with Gasteiger partial charge in [0.05, 0.1) is 18.1 Å². The Morgan fingerprint density at radius 3 is 2.08 bits per heavy atom. The van der Waals surface area contributed by atoms with E-state index in [1.54, 1.807) is 26.0 Å².